The fourth-order valence-electron chi connectivity index (χ4n) is 4.97. The first-order valence-electron chi connectivity index (χ1n) is 12.7. The lowest BCUT2D eigenvalue weighted by Gasteiger charge is -2.40. The van der Waals surface area contributed by atoms with Crippen molar-refractivity contribution >= 4 is 5.91 Å². The van der Waals surface area contributed by atoms with Crippen LogP contribution in [0.5, 0.6) is 11.5 Å². The predicted molar refractivity (Wildman–Crippen MR) is 140 cm³/mol. The maximum absolute atomic E-state index is 12.7. The Hall–Kier alpha value is -3.69. The molecule has 9 nitrogen and oxygen atoms in total. The molecular weight excluding hydrogens is 472 g/mol. The van der Waals surface area contributed by atoms with Gasteiger partial charge in [0.1, 0.15) is 11.5 Å². The quantitative estimate of drug-likeness (QED) is 0.532. The number of carbonyl (C=O) groups excluding carboxylic acids is 1. The zero-order valence-corrected chi connectivity index (χ0v) is 21.0. The lowest BCUT2D eigenvalue weighted by Crippen LogP contribution is -2.50. The number of hydrogen-bond donors (Lipinski definition) is 2. The fraction of sp³-hybridized carbons (Fsp3) is 0.393. The highest BCUT2D eigenvalue weighted by Crippen LogP contribution is 2.27. The van der Waals surface area contributed by atoms with E-state index in [2.05, 4.69) is 14.9 Å². The lowest BCUT2D eigenvalue weighted by atomic mass is 10.0. The monoisotopic (exact) mass is 504 g/mol. The second kappa shape index (κ2) is 11.1. The largest absolute Gasteiger partial charge is 0.508 e. The summed E-state index contributed by atoms with van der Waals surface area (Å²) < 4.78 is 11.2. The second-order valence-corrected chi connectivity index (χ2v) is 9.56. The van der Waals surface area contributed by atoms with Crippen LogP contribution < -0.4 is 10.4 Å². The number of nitrogens with zero attached hydrogens (tertiary/aromatic N) is 3. The average Bonchev–Trinajstić information content (AvgIpc) is 2.94. The number of nitrogens with one attached hydrogen (secondary N) is 1. The summed E-state index contributed by atoms with van der Waals surface area (Å²) in [6.07, 6.45) is 1.96. The summed E-state index contributed by atoms with van der Waals surface area (Å²) in [5.74, 6) is 0.781. The van der Waals surface area contributed by atoms with Crippen molar-refractivity contribution in [1.29, 1.82) is 0 Å². The van der Waals surface area contributed by atoms with Crippen molar-refractivity contribution in [2.24, 2.45) is 0 Å². The van der Waals surface area contributed by atoms with Gasteiger partial charge in [0, 0.05) is 37.8 Å². The first-order valence-corrected chi connectivity index (χ1v) is 12.7. The molecular formula is C28H32N4O5. The number of phenolic OH excluding ortho intramolecular Hbond substituents is 1. The minimum absolute atomic E-state index is 0.00197. The number of benzene rings is 2. The van der Waals surface area contributed by atoms with Crippen LogP contribution in [0.4, 0.5) is 0 Å². The summed E-state index contributed by atoms with van der Waals surface area (Å²) >= 11 is 0. The zero-order chi connectivity index (χ0) is 25.8. The van der Waals surface area contributed by atoms with Crippen LogP contribution in [0, 0.1) is 6.92 Å². The van der Waals surface area contributed by atoms with E-state index < -0.39 is 5.69 Å². The maximum atomic E-state index is 12.7. The first-order chi connectivity index (χ1) is 18.0. The number of amides is 1. The van der Waals surface area contributed by atoms with E-state index in [0.717, 1.165) is 63.4 Å². The normalized spacial score (nSPS) is 17.1. The van der Waals surface area contributed by atoms with E-state index in [-0.39, 0.29) is 18.3 Å². The summed E-state index contributed by atoms with van der Waals surface area (Å²) in [4.78, 5) is 36.1. The van der Waals surface area contributed by atoms with Gasteiger partial charge in [-0.05, 0) is 79.4 Å². The van der Waals surface area contributed by atoms with Crippen molar-refractivity contribution in [3.05, 3.63) is 64.6 Å². The van der Waals surface area contributed by atoms with E-state index in [1.165, 1.54) is 0 Å². The highest BCUT2D eigenvalue weighted by atomic mass is 16.5. The van der Waals surface area contributed by atoms with Gasteiger partial charge in [0.25, 0.3) is 5.91 Å². The number of ether oxygens (including phenoxy) is 2. The number of piperidine rings is 1. The topological polar surface area (TPSA) is 108 Å². The van der Waals surface area contributed by atoms with Crippen LogP contribution in [0.15, 0.2) is 53.3 Å². The SMILES string of the molecule is Cc1cc(-c2cc(-c3ccc(OCC(=O)N4CCC(N5CCOCC5)CC4)cc3)[nH]c(=O)n2)ccc1O. The summed E-state index contributed by atoms with van der Waals surface area (Å²) in [5.41, 5.74) is 2.92. The molecule has 0 bridgehead atoms. The molecule has 2 aliphatic heterocycles. The van der Waals surface area contributed by atoms with Crippen LogP contribution in [0.25, 0.3) is 22.5 Å². The third kappa shape index (κ3) is 6.00. The molecule has 3 heterocycles. The second-order valence-electron chi connectivity index (χ2n) is 9.56. The number of carbonyl (C=O) groups is 1. The van der Waals surface area contributed by atoms with Gasteiger partial charge in [0.05, 0.1) is 24.6 Å². The van der Waals surface area contributed by atoms with Gasteiger partial charge in [-0.25, -0.2) is 4.79 Å². The number of phenols is 1. The van der Waals surface area contributed by atoms with Crippen molar-refractivity contribution < 1.29 is 19.4 Å². The Balaban J connectivity index is 1.17. The minimum Gasteiger partial charge on any atom is -0.508 e. The van der Waals surface area contributed by atoms with E-state index in [0.29, 0.717) is 28.7 Å². The molecule has 2 aromatic carbocycles. The van der Waals surface area contributed by atoms with Gasteiger partial charge < -0.3 is 24.5 Å². The molecule has 2 N–H and O–H groups in total. The average molecular weight is 505 g/mol. The molecule has 2 saturated heterocycles. The van der Waals surface area contributed by atoms with E-state index >= 15 is 0 Å². The number of hydrogen-bond acceptors (Lipinski definition) is 7. The van der Waals surface area contributed by atoms with E-state index in [1.807, 2.05) is 17.0 Å². The van der Waals surface area contributed by atoms with Crippen molar-refractivity contribution in [1.82, 2.24) is 19.8 Å². The molecule has 0 aliphatic carbocycles. The molecule has 0 radical (unpaired) electrons. The van der Waals surface area contributed by atoms with Gasteiger partial charge in [0.15, 0.2) is 6.61 Å². The van der Waals surface area contributed by atoms with Gasteiger partial charge in [0.2, 0.25) is 0 Å². The van der Waals surface area contributed by atoms with Crippen molar-refractivity contribution in [2.45, 2.75) is 25.8 Å². The Morgan fingerprint density at radius 3 is 2.46 bits per heavy atom. The number of aromatic nitrogens is 2. The zero-order valence-electron chi connectivity index (χ0n) is 21.0. The van der Waals surface area contributed by atoms with Gasteiger partial charge in [-0.15, -0.1) is 0 Å². The molecule has 0 atom stereocenters. The molecule has 0 saturated carbocycles. The van der Waals surface area contributed by atoms with Crippen LogP contribution >= 0.6 is 0 Å². The maximum Gasteiger partial charge on any atom is 0.345 e. The highest BCUT2D eigenvalue weighted by Gasteiger charge is 2.27. The number of aromatic hydroxyl groups is 1. The van der Waals surface area contributed by atoms with E-state index in [9.17, 15) is 14.7 Å². The lowest BCUT2D eigenvalue weighted by molar-refractivity contribution is -0.135. The van der Waals surface area contributed by atoms with Gasteiger partial charge in [-0.2, -0.15) is 4.98 Å². The number of aryl methyl sites for hydroxylation is 1. The number of morpholine rings is 1. The number of likely N-dealkylation sites (tertiary alicyclic amines) is 1. The fourth-order valence-corrected chi connectivity index (χ4v) is 4.97. The third-order valence-corrected chi connectivity index (χ3v) is 7.14. The Bertz CT molecular complexity index is 1290. The van der Waals surface area contributed by atoms with Crippen LogP contribution in [-0.4, -0.2) is 82.8 Å². The van der Waals surface area contributed by atoms with Crippen molar-refractivity contribution in [3.8, 4) is 34.0 Å². The van der Waals surface area contributed by atoms with Gasteiger partial charge >= 0.3 is 5.69 Å². The van der Waals surface area contributed by atoms with E-state index in [1.54, 1.807) is 43.3 Å². The van der Waals surface area contributed by atoms with Crippen molar-refractivity contribution in [3.63, 3.8) is 0 Å². The smallest absolute Gasteiger partial charge is 0.345 e. The number of H-pyrrole nitrogens is 1. The molecule has 1 aromatic heterocycles. The highest BCUT2D eigenvalue weighted by molar-refractivity contribution is 5.78. The summed E-state index contributed by atoms with van der Waals surface area (Å²) in [6, 6.07) is 14.7. The summed E-state index contributed by atoms with van der Waals surface area (Å²) in [5, 5.41) is 9.79. The number of rotatable bonds is 6. The molecule has 5 rings (SSSR count). The molecule has 37 heavy (non-hydrogen) atoms. The summed E-state index contributed by atoms with van der Waals surface area (Å²) in [7, 11) is 0. The third-order valence-electron chi connectivity index (χ3n) is 7.14. The minimum atomic E-state index is -0.457. The standard InChI is InChI=1S/C28H32N4O5/c1-19-16-21(4-7-26(19)33)25-17-24(29-28(35)30-25)20-2-5-23(6-3-20)37-18-27(34)32-10-8-22(9-11-32)31-12-14-36-15-13-31/h2-7,16-17,22,33H,8-15,18H2,1H3,(H,29,30,35). The van der Waals surface area contributed by atoms with Crippen LogP contribution in [-0.2, 0) is 9.53 Å². The van der Waals surface area contributed by atoms with E-state index in [4.69, 9.17) is 9.47 Å². The first kappa shape index (κ1) is 25.0. The molecule has 2 aliphatic rings. The molecule has 194 valence electrons. The predicted octanol–water partition coefficient (Wildman–Crippen LogP) is 2.82. The van der Waals surface area contributed by atoms with Gasteiger partial charge in [-0.3, -0.25) is 9.69 Å². The summed E-state index contributed by atoms with van der Waals surface area (Å²) in [6.45, 7) is 6.83. The molecule has 1 amide bonds. The Labute approximate surface area is 215 Å². The molecule has 0 unspecified atom stereocenters. The Kier molecular flexibility index (Phi) is 7.52. The Morgan fingerprint density at radius 1 is 1.05 bits per heavy atom. The molecule has 9 heteroatoms. The Morgan fingerprint density at radius 2 is 1.76 bits per heavy atom. The van der Waals surface area contributed by atoms with Crippen LogP contribution in [0.2, 0.25) is 0 Å². The van der Waals surface area contributed by atoms with Crippen LogP contribution in [0.1, 0.15) is 18.4 Å². The van der Waals surface area contributed by atoms with Gasteiger partial charge in [-0.1, -0.05) is 0 Å². The van der Waals surface area contributed by atoms with Crippen molar-refractivity contribution in [2.75, 3.05) is 46.0 Å². The number of aromatic amines is 1. The molecule has 2 fully saturated rings. The molecule has 0 spiro atoms. The molecule has 3 aromatic rings. The van der Waals surface area contributed by atoms with Crippen LogP contribution in [0.3, 0.4) is 0 Å².